The normalized spacial score (nSPS) is 15.5. The first-order valence-electron chi connectivity index (χ1n) is 6.11. The Morgan fingerprint density at radius 1 is 1.18 bits per heavy atom. The molecule has 1 rings (SSSR count). The zero-order valence-corrected chi connectivity index (χ0v) is 10.3. The first-order chi connectivity index (χ1) is 8.24. The van der Waals surface area contributed by atoms with E-state index < -0.39 is 0 Å². The zero-order chi connectivity index (χ0) is 12.5. The highest BCUT2D eigenvalue weighted by atomic mass is 16.5. The lowest BCUT2D eigenvalue weighted by atomic mass is 10.3. The van der Waals surface area contributed by atoms with Crippen molar-refractivity contribution in [2.75, 3.05) is 39.4 Å². The van der Waals surface area contributed by atoms with E-state index in [1.807, 2.05) is 6.92 Å². The molecule has 0 bridgehead atoms. The molecule has 0 saturated carbocycles. The number of rotatable bonds is 5. The van der Waals surface area contributed by atoms with Gasteiger partial charge in [-0.15, -0.1) is 0 Å². The molecule has 0 aromatic rings. The molecule has 0 aliphatic carbocycles. The molecule has 1 aliphatic heterocycles. The third-order valence-electron chi connectivity index (χ3n) is 2.52. The second-order valence-corrected chi connectivity index (χ2v) is 3.93. The van der Waals surface area contributed by atoms with E-state index in [9.17, 15) is 9.59 Å². The van der Waals surface area contributed by atoms with Gasteiger partial charge in [0.25, 0.3) is 0 Å². The first kappa shape index (κ1) is 13.8. The van der Waals surface area contributed by atoms with Crippen LogP contribution in [0.25, 0.3) is 0 Å². The van der Waals surface area contributed by atoms with Gasteiger partial charge in [0.1, 0.15) is 0 Å². The molecule has 2 N–H and O–H groups in total. The summed E-state index contributed by atoms with van der Waals surface area (Å²) in [6.45, 7) is 5.55. The smallest absolute Gasteiger partial charge is 0.314 e. The monoisotopic (exact) mass is 243 g/mol. The number of nitrogens with one attached hydrogen (secondary N) is 2. The van der Waals surface area contributed by atoms with E-state index in [0.29, 0.717) is 45.8 Å². The number of hydrogen-bond donors (Lipinski definition) is 2. The van der Waals surface area contributed by atoms with Crippen molar-refractivity contribution in [1.29, 1.82) is 0 Å². The summed E-state index contributed by atoms with van der Waals surface area (Å²) in [7, 11) is 0. The molecule has 17 heavy (non-hydrogen) atoms. The van der Waals surface area contributed by atoms with E-state index in [4.69, 9.17) is 4.74 Å². The van der Waals surface area contributed by atoms with Crippen LogP contribution in [0, 0.1) is 0 Å². The minimum atomic E-state index is -0.207. The van der Waals surface area contributed by atoms with Crippen LogP contribution in [0.5, 0.6) is 0 Å². The van der Waals surface area contributed by atoms with Crippen molar-refractivity contribution in [2.45, 2.75) is 19.8 Å². The number of nitrogens with zero attached hydrogens (tertiary/aromatic N) is 1. The van der Waals surface area contributed by atoms with Crippen LogP contribution in [0.2, 0.25) is 0 Å². The molecule has 3 amide bonds. The number of ether oxygens (including phenoxy) is 1. The molecule has 1 aliphatic rings. The van der Waals surface area contributed by atoms with E-state index in [0.717, 1.165) is 6.42 Å². The Bertz CT molecular complexity index is 252. The summed E-state index contributed by atoms with van der Waals surface area (Å²) in [6.07, 6.45) is 1.25. The van der Waals surface area contributed by atoms with Crippen molar-refractivity contribution < 1.29 is 14.3 Å². The molecule has 1 fully saturated rings. The summed E-state index contributed by atoms with van der Waals surface area (Å²) in [4.78, 5) is 24.7. The third kappa shape index (κ3) is 5.53. The molecule has 0 spiro atoms. The van der Waals surface area contributed by atoms with Crippen molar-refractivity contribution in [3.63, 3.8) is 0 Å². The van der Waals surface area contributed by atoms with Gasteiger partial charge < -0.3 is 20.3 Å². The molecule has 98 valence electrons. The van der Waals surface area contributed by atoms with Gasteiger partial charge in [-0.2, -0.15) is 0 Å². The maximum atomic E-state index is 11.7. The summed E-state index contributed by atoms with van der Waals surface area (Å²) < 4.78 is 5.16. The van der Waals surface area contributed by atoms with E-state index >= 15 is 0 Å². The Labute approximate surface area is 102 Å². The zero-order valence-electron chi connectivity index (χ0n) is 10.3. The average Bonchev–Trinajstić information content (AvgIpc) is 2.37. The SMILES string of the molecule is CCCNC(=O)NCCC(=O)N1CCOCC1. The fourth-order valence-electron chi connectivity index (χ4n) is 1.55. The largest absolute Gasteiger partial charge is 0.378 e. The highest BCUT2D eigenvalue weighted by Crippen LogP contribution is 1.99. The summed E-state index contributed by atoms with van der Waals surface area (Å²) in [5, 5.41) is 5.35. The van der Waals surface area contributed by atoms with Gasteiger partial charge in [0.2, 0.25) is 5.91 Å². The Morgan fingerprint density at radius 2 is 1.82 bits per heavy atom. The van der Waals surface area contributed by atoms with E-state index in [-0.39, 0.29) is 11.9 Å². The van der Waals surface area contributed by atoms with Crippen molar-refractivity contribution in [1.82, 2.24) is 15.5 Å². The number of morpholine rings is 1. The molecule has 0 aromatic heterocycles. The van der Waals surface area contributed by atoms with Crippen molar-refractivity contribution in [3.05, 3.63) is 0 Å². The number of carbonyl (C=O) groups excluding carboxylic acids is 2. The fraction of sp³-hybridized carbons (Fsp3) is 0.818. The van der Waals surface area contributed by atoms with Crippen LogP contribution in [0.3, 0.4) is 0 Å². The van der Waals surface area contributed by atoms with Gasteiger partial charge in [0.05, 0.1) is 13.2 Å². The van der Waals surface area contributed by atoms with Crippen LogP contribution in [0.4, 0.5) is 4.79 Å². The van der Waals surface area contributed by atoms with Crippen LogP contribution in [0.15, 0.2) is 0 Å². The van der Waals surface area contributed by atoms with Crippen LogP contribution in [-0.2, 0) is 9.53 Å². The third-order valence-corrected chi connectivity index (χ3v) is 2.52. The second-order valence-electron chi connectivity index (χ2n) is 3.93. The van der Waals surface area contributed by atoms with E-state index in [1.165, 1.54) is 0 Å². The Hall–Kier alpha value is -1.30. The number of hydrogen-bond acceptors (Lipinski definition) is 3. The Kier molecular flexibility index (Phi) is 6.39. The lowest BCUT2D eigenvalue weighted by Gasteiger charge is -2.26. The average molecular weight is 243 g/mol. The molecule has 0 atom stereocenters. The molecule has 0 aromatic carbocycles. The minimum absolute atomic E-state index is 0.0732. The fourth-order valence-corrected chi connectivity index (χ4v) is 1.55. The standard InChI is InChI=1S/C11H21N3O3/c1-2-4-12-11(16)13-5-3-10(15)14-6-8-17-9-7-14/h2-9H2,1H3,(H2,12,13,16). The predicted octanol–water partition coefficient (Wildman–Crippen LogP) is -0.0555. The molecular formula is C11H21N3O3. The van der Waals surface area contributed by atoms with Gasteiger partial charge in [-0.25, -0.2) is 4.79 Å². The van der Waals surface area contributed by atoms with Crippen LogP contribution in [0.1, 0.15) is 19.8 Å². The van der Waals surface area contributed by atoms with Crippen LogP contribution >= 0.6 is 0 Å². The van der Waals surface area contributed by atoms with Gasteiger partial charge in [0.15, 0.2) is 0 Å². The Morgan fingerprint density at radius 3 is 2.47 bits per heavy atom. The van der Waals surface area contributed by atoms with Crippen LogP contribution in [-0.4, -0.2) is 56.2 Å². The minimum Gasteiger partial charge on any atom is -0.378 e. The van der Waals surface area contributed by atoms with Gasteiger partial charge in [-0.1, -0.05) is 6.92 Å². The molecule has 6 heteroatoms. The number of carbonyl (C=O) groups is 2. The highest BCUT2D eigenvalue weighted by molar-refractivity contribution is 5.78. The molecule has 1 heterocycles. The molecule has 1 saturated heterocycles. The summed E-state index contributed by atoms with van der Waals surface area (Å²) in [6, 6.07) is -0.207. The highest BCUT2D eigenvalue weighted by Gasteiger charge is 2.16. The maximum Gasteiger partial charge on any atom is 0.314 e. The molecule has 6 nitrogen and oxygen atoms in total. The van der Waals surface area contributed by atoms with Crippen molar-refractivity contribution >= 4 is 11.9 Å². The van der Waals surface area contributed by atoms with Gasteiger partial charge in [0, 0.05) is 32.6 Å². The topological polar surface area (TPSA) is 70.7 Å². The second kappa shape index (κ2) is 7.89. The lowest BCUT2D eigenvalue weighted by molar-refractivity contribution is -0.135. The maximum absolute atomic E-state index is 11.7. The summed E-state index contributed by atoms with van der Waals surface area (Å²) in [5.41, 5.74) is 0. The van der Waals surface area contributed by atoms with Gasteiger partial charge in [-0.3, -0.25) is 4.79 Å². The quantitative estimate of drug-likeness (QED) is 0.711. The van der Waals surface area contributed by atoms with Crippen molar-refractivity contribution in [3.8, 4) is 0 Å². The van der Waals surface area contributed by atoms with E-state index in [2.05, 4.69) is 10.6 Å². The lowest BCUT2D eigenvalue weighted by Crippen LogP contribution is -2.43. The first-order valence-corrected chi connectivity index (χ1v) is 6.11. The summed E-state index contributed by atoms with van der Waals surface area (Å²) in [5.74, 6) is 0.0732. The molecule has 0 radical (unpaired) electrons. The predicted molar refractivity (Wildman–Crippen MR) is 63.7 cm³/mol. The summed E-state index contributed by atoms with van der Waals surface area (Å²) >= 11 is 0. The molecular weight excluding hydrogens is 222 g/mol. The van der Waals surface area contributed by atoms with Crippen molar-refractivity contribution in [2.24, 2.45) is 0 Å². The van der Waals surface area contributed by atoms with E-state index in [1.54, 1.807) is 4.90 Å². The van der Waals surface area contributed by atoms with Gasteiger partial charge >= 0.3 is 6.03 Å². The van der Waals surface area contributed by atoms with Gasteiger partial charge in [-0.05, 0) is 6.42 Å². The van der Waals surface area contributed by atoms with Crippen LogP contribution < -0.4 is 10.6 Å². The Balaban J connectivity index is 2.08. The molecule has 0 unspecified atom stereocenters. The number of amides is 3. The number of urea groups is 1.